The van der Waals surface area contributed by atoms with Crippen molar-refractivity contribution in [3.05, 3.63) is 52.3 Å². The van der Waals surface area contributed by atoms with Crippen LogP contribution < -0.4 is 0 Å². The Morgan fingerprint density at radius 1 is 1.23 bits per heavy atom. The summed E-state index contributed by atoms with van der Waals surface area (Å²) >= 11 is 5.91. The first kappa shape index (κ1) is 15.1. The molecule has 0 bridgehead atoms. The Balaban J connectivity index is 2.00. The summed E-state index contributed by atoms with van der Waals surface area (Å²) < 4.78 is 0. The number of halogens is 1. The molecule has 22 heavy (non-hydrogen) atoms. The Labute approximate surface area is 135 Å². The summed E-state index contributed by atoms with van der Waals surface area (Å²) in [4.78, 5) is 26.1. The number of carbonyl (C=O) groups is 1. The molecule has 0 amide bonds. The molecule has 1 unspecified atom stereocenters. The fourth-order valence-corrected chi connectivity index (χ4v) is 2.98. The van der Waals surface area contributed by atoms with Crippen LogP contribution in [0.3, 0.4) is 0 Å². The van der Waals surface area contributed by atoms with Gasteiger partial charge in [-0.1, -0.05) is 25.4 Å². The first-order valence-corrected chi connectivity index (χ1v) is 7.82. The molecule has 0 saturated carbocycles. The minimum Gasteiger partial charge on any atom is -0.293 e. The Morgan fingerprint density at radius 2 is 2.00 bits per heavy atom. The SMILES string of the molecule is CC(C)c1cnc(C2(C)CCc3nc(Cl)ccc3C2=O)cn1. The van der Waals surface area contributed by atoms with Gasteiger partial charge in [0.05, 0.1) is 22.5 Å². The lowest BCUT2D eigenvalue weighted by molar-refractivity contribution is 0.0870. The number of rotatable bonds is 2. The molecule has 1 aliphatic rings. The van der Waals surface area contributed by atoms with E-state index in [0.717, 1.165) is 17.1 Å². The van der Waals surface area contributed by atoms with E-state index in [1.54, 1.807) is 24.5 Å². The van der Waals surface area contributed by atoms with Gasteiger partial charge in [-0.15, -0.1) is 0 Å². The Morgan fingerprint density at radius 3 is 2.64 bits per heavy atom. The quantitative estimate of drug-likeness (QED) is 0.792. The van der Waals surface area contributed by atoms with Crippen molar-refractivity contribution in [2.45, 2.75) is 44.9 Å². The Bertz CT molecular complexity index is 727. The summed E-state index contributed by atoms with van der Waals surface area (Å²) in [6, 6.07) is 3.43. The largest absolute Gasteiger partial charge is 0.293 e. The summed E-state index contributed by atoms with van der Waals surface area (Å²) in [6.07, 6.45) is 4.89. The van der Waals surface area contributed by atoms with Gasteiger partial charge in [-0.05, 0) is 37.8 Å². The highest BCUT2D eigenvalue weighted by Crippen LogP contribution is 2.37. The van der Waals surface area contributed by atoms with Crippen LogP contribution in [0.2, 0.25) is 5.15 Å². The van der Waals surface area contributed by atoms with Gasteiger partial charge in [-0.25, -0.2) is 4.98 Å². The number of pyridine rings is 1. The summed E-state index contributed by atoms with van der Waals surface area (Å²) in [5.74, 6) is 0.369. The van der Waals surface area contributed by atoms with Crippen molar-refractivity contribution in [1.82, 2.24) is 15.0 Å². The molecule has 0 N–H and O–H groups in total. The van der Waals surface area contributed by atoms with Gasteiger partial charge < -0.3 is 0 Å². The molecule has 5 heteroatoms. The first-order valence-electron chi connectivity index (χ1n) is 7.44. The number of carbonyl (C=O) groups excluding carboxylic acids is 1. The molecule has 4 nitrogen and oxygen atoms in total. The third kappa shape index (κ3) is 2.41. The van der Waals surface area contributed by atoms with Crippen molar-refractivity contribution in [3.8, 4) is 0 Å². The van der Waals surface area contributed by atoms with E-state index >= 15 is 0 Å². The van der Waals surface area contributed by atoms with E-state index in [4.69, 9.17) is 11.6 Å². The molecule has 1 aliphatic carbocycles. The lowest BCUT2D eigenvalue weighted by Gasteiger charge is -2.32. The minimum atomic E-state index is -0.648. The number of ketones is 1. The minimum absolute atomic E-state index is 0.0458. The fraction of sp³-hybridized carbons (Fsp3) is 0.412. The van der Waals surface area contributed by atoms with E-state index in [1.165, 1.54) is 0 Å². The zero-order valence-corrected chi connectivity index (χ0v) is 13.7. The predicted octanol–water partition coefficient (Wildman–Crippen LogP) is 3.74. The van der Waals surface area contributed by atoms with Gasteiger partial charge in [-0.3, -0.25) is 14.8 Å². The molecule has 0 spiro atoms. The number of hydrogen-bond donors (Lipinski definition) is 0. The van der Waals surface area contributed by atoms with Crippen LogP contribution >= 0.6 is 11.6 Å². The van der Waals surface area contributed by atoms with Crippen molar-refractivity contribution in [3.63, 3.8) is 0 Å². The molecule has 3 rings (SSSR count). The highest BCUT2D eigenvalue weighted by molar-refractivity contribution is 6.29. The van der Waals surface area contributed by atoms with Gasteiger partial charge in [0, 0.05) is 18.0 Å². The number of aromatic nitrogens is 3. The van der Waals surface area contributed by atoms with Crippen LogP contribution in [0.4, 0.5) is 0 Å². The molecule has 0 aliphatic heterocycles. The second-order valence-electron chi connectivity index (χ2n) is 6.27. The van der Waals surface area contributed by atoms with Crippen LogP contribution in [0, 0.1) is 0 Å². The van der Waals surface area contributed by atoms with Gasteiger partial charge in [0.1, 0.15) is 5.15 Å². The van der Waals surface area contributed by atoms with E-state index in [-0.39, 0.29) is 5.78 Å². The number of hydrogen-bond acceptors (Lipinski definition) is 4. The number of fused-ring (bicyclic) bond motifs is 1. The van der Waals surface area contributed by atoms with Crippen LogP contribution in [-0.4, -0.2) is 20.7 Å². The zero-order valence-electron chi connectivity index (χ0n) is 12.9. The second-order valence-corrected chi connectivity index (χ2v) is 6.66. The third-order valence-electron chi connectivity index (χ3n) is 4.38. The van der Waals surface area contributed by atoms with Crippen LogP contribution in [0.1, 0.15) is 60.5 Å². The standard InChI is InChI=1S/C17H18ClN3O/c1-10(2)13-8-20-14(9-19-13)17(3)7-6-12-11(16(17)22)4-5-15(18)21-12/h4-5,8-10H,6-7H2,1-3H3. The molecule has 114 valence electrons. The van der Waals surface area contributed by atoms with Crippen molar-refractivity contribution in [2.24, 2.45) is 0 Å². The van der Waals surface area contributed by atoms with Crippen molar-refractivity contribution >= 4 is 17.4 Å². The predicted molar refractivity (Wildman–Crippen MR) is 85.4 cm³/mol. The highest BCUT2D eigenvalue weighted by Gasteiger charge is 2.41. The zero-order chi connectivity index (χ0) is 15.9. The van der Waals surface area contributed by atoms with E-state index in [0.29, 0.717) is 29.5 Å². The number of aryl methyl sites for hydroxylation is 1. The molecule has 0 fully saturated rings. The molecule has 2 aromatic rings. The van der Waals surface area contributed by atoms with Gasteiger partial charge in [0.15, 0.2) is 5.78 Å². The lowest BCUT2D eigenvalue weighted by atomic mass is 9.71. The molecule has 1 atom stereocenters. The Hall–Kier alpha value is -1.81. The average molecular weight is 316 g/mol. The van der Waals surface area contributed by atoms with Crippen LogP contribution in [0.5, 0.6) is 0 Å². The second kappa shape index (κ2) is 5.43. The van der Waals surface area contributed by atoms with E-state index in [1.807, 2.05) is 6.92 Å². The average Bonchev–Trinajstić information content (AvgIpc) is 2.51. The first-order chi connectivity index (χ1) is 10.4. The summed E-state index contributed by atoms with van der Waals surface area (Å²) in [5, 5.41) is 0.427. The van der Waals surface area contributed by atoms with Crippen molar-refractivity contribution in [2.75, 3.05) is 0 Å². The van der Waals surface area contributed by atoms with Gasteiger partial charge >= 0.3 is 0 Å². The smallest absolute Gasteiger partial charge is 0.176 e. The molecule has 0 aromatic carbocycles. The summed E-state index contributed by atoms with van der Waals surface area (Å²) in [6.45, 7) is 6.08. The normalized spacial score (nSPS) is 21.0. The number of Topliss-reactive ketones (excluding diaryl/α,β-unsaturated/α-hetero) is 1. The van der Waals surface area contributed by atoms with E-state index in [9.17, 15) is 4.79 Å². The maximum Gasteiger partial charge on any atom is 0.176 e. The third-order valence-corrected chi connectivity index (χ3v) is 4.59. The maximum absolute atomic E-state index is 12.9. The molecular formula is C17H18ClN3O. The van der Waals surface area contributed by atoms with E-state index in [2.05, 4.69) is 28.8 Å². The van der Waals surface area contributed by atoms with E-state index < -0.39 is 5.41 Å². The number of nitrogens with zero attached hydrogens (tertiary/aromatic N) is 3. The molecule has 2 aromatic heterocycles. The topological polar surface area (TPSA) is 55.7 Å². The fourth-order valence-electron chi connectivity index (χ4n) is 2.82. The molecule has 2 heterocycles. The molecule has 0 saturated heterocycles. The summed E-state index contributed by atoms with van der Waals surface area (Å²) in [7, 11) is 0. The van der Waals surface area contributed by atoms with Crippen LogP contribution in [0.25, 0.3) is 0 Å². The maximum atomic E-state index is 12.9. The summed E-state index contributed by atoms with van der Waals surface area (Å²) in [5.41, 5.74) is 2.44. The van der Waals surface area contributed by atoms with Gasteiger partial charge in [0.2, 0.25) is 0 Å². The van der Waals surface area contributed by atoms with Crippen molar-refractivity contribution in [1.29, 1.82) is 0 Å². The van der Waals surface area contributed by atoms with Crippen molar-refractivity contribution < 1.29 is 4.79 Å². The van der Waals surface area contributed by atoms with Gasteiger partial charge in [-0.2, -0.15) is 0 Å². The molecule has 0 radical (unpaired) electrons. The highest BCUT2D eigenvalue weighted by atomic mass is 35.5. The monoisotopic (exact) mass is 315 g/mol. The molecular weight excluding hydrogens is 298 g/mol. The lowest BCUT2D eigenvalue weighted by Crippen LogP contribution is -2.38. The Kier molecular flexibility index (Phi) is 3.73. The van der Waals surface area contributed by atoms with Gasteiger partial charge in [0.25, 0.3) is 0 Å². The van der Waals surface area contributed by atoms with Crippen LogP contribution in [0.15, 0.2) is 24.5 Å². The van der Waals surface area contributed by atoms with Crippen LogP contribution in [-0.2, 0) is 11.8 Å².